The Hall–Kier alpha value is -2.49. The zero-order valence-electron chi connectivity index (χ0n) is 12.9. The number of carbonyl (C=O) groups excluding carboxylic acids is 1. The summed E-state index contributed by atoms with van der Waals surface area (Å²) < 4.78 is 16.4. The number of hydrogen-bond donors (Lipinski definition) is 0. The average Bonchev–Trinajstić information content (AvgIpc) is 3.02. The zero-order valence-corrected chi connectivity index (χ0v) is 12.9. The van der Waals surface area contributed by atoms with E-state index in [4.69, 9.17) is 14.2 Å². The van der Waals surface area contributed by atoms with E-state index in [9.17, 15) is 4.79 Å². The number of ketones is 1. The summed E-state index contributed by atoms with van der Waals surface area (Å²) >= 11 is 0. The van der Waals surface area contributed by atoms with E-state index in [1.165, 1.54) is 0 Å². The van der Waals surface area contributed by atoms with E-state index < -0.39 is 0 Å². The summed E-state index contributed by atoms with van der Waals surface area (Å²) in [4.78, 5) is 11.7. The Morgan fingerprint density at radius 2 is 1.95 bits per heavy atom. The summed E-state index contributed by atoms with van der Waals surface area (Å²) in [5, 5.41) is 0. The minimum Gasteiger partial charge on any atom is -0.493 e. The lowest BCUT2D eigenvalue weighted by molar-refractivity contribution is 0.101. The summed E-state index contributed by atoms with van der Waals surface area (Å²) in [5.74, 6) is 2.07. The molecule has 0 aromatic heterocycles. The largest absolute Gasteiger partial charge is 0.493 e. The molecule has 0 amide bonds. The van der Waals surface area contributed by atoms with E-state index in [1.807, 2.05) is 37.3 Å². The highest BCUT2D eigenvalue weighted by atomic mass is 16.7. The van der Waals surface area contributed by atoms with Crippen molar-refractivity contribution in [3.8, 4) is 28.4 Å². The van der Waals surface area contributed by atoms with Crippen molar-refractivity contribution < 1.29 is 19.0 Å². The van der Waals surface area contributed by atoms with E-state index in [-0.39, 0.29) is 12.6 Å². The quantitative estimate of drug-likeness (QED) is 0.804. The van der Waals surface area contributed by atoms with Gasteiger partial charge in [-0.2, -0.15) is 0 Å². The number of fused-ring (bicyclic) bond motifs is 1. The molecule has 0 fully saturated rings. The number of aryl methyl sites for hydroxylation is 1. The molecule has 0 spiro atoms. The highest BCUT2D eigenvalue weighted by Gasteiger charge is 2.23. The highest BCUT2D eigenvalue weighted by molar-refractivity contribution is 5.96. The molecule has 114 valence electrons. The molecule has 0 radical (unpaired) electrons. The molecule has 4 nitrogen and oxygen atoms in total. The molecule has 0 saturated carbocycles. The van der Waals surface area contributed by atoms with Gasteiger partial charge in [-0.1, -0.05) is 25.1 Å². The molecular formula is C18H18O4. The van der Waals surface area contributed by atoms with E-state index in [0.717, 1.165) is 28.7 Å². The third-order valence-electron chi connectivity index (χ3n) is 3.88. The van der Waals surface area contributed by atoms with Gasteiger partial charge in [-0.25, -0.2) is 0 Å². The molecule has 2 aromatic carbocycles. The highest BCUT2D eigenvalue weighted by Crippen LogP contribution is 2.47. The minimum absolute atomic E-state index is 0.0861. The molecule has 0 saturated heterocycles. The van der Waals surface area contributed by atoms with Crippen molar-refractivity contribution in [2.45, 2.75) is 20.3 Å². The third kappa shape index (κ3) is 2.30. The van der Waals surface area contributed by atoms with Gasteiger partial charge in [0, 0.05) is 11.1 Å². The van der Waals surface area contributed by atoms with Gasteiger partial charge in [0.1, 0.15) is 0 Å². The van der Waals surface area contributed by atoms with Crippen LogP contribution < -0.4 is 14.2 Å². The Kier molecular flexibility index (Phi) is 3.75. The molecule has 0 atom stereocenters. The fourth-order valence-electron chi connectivity index (χ4n) is 2.76. The third-order valence-corrected chi connectivity index (χ3v) is 3.88. The fraction of sp³-hybridized carbons (Fsp3) is 0.278. The van der Waals surface area contributed by atoms with E-state index in [1.54, 1.807) is 14.0 Å². The zero-order chi connectivity index (χ0) is 15.7. The van der Waals surface area contributed by atoms with Crippen LogP contribution in [0.1, 0.15) is 29.8 Å². The van der Waals surface area contributed by atoms with Crippen molar-refractivity contribution >= 4 is 5.78 Å². The molecule has 22 heavy (non-hydrogen) atoms. The Balaban J connectivity index is 2.13. The first kappa shape index (κ1) is 14.4. The predicted molar refractivity (Wildman–Crippen MR) is 83.9 cm³/mol. The average molecular weight is 298 g/mol. The molecule has 1 aliphatic heterocycles. The molecule has 0 bridgehead atoms. The summed E-state index contributed by atoms with van der Waals surface area (Å²) in [6.07, 6.45) is 0.804. The number of carbonyl (C=O) groups is 1. The van der Waals surface area contributed by atoms with Gasteiger partial charge in [0.2, 0.25) is 12.5 Å². The maximum atomic E-state index is 11.7. The van der Waals surface area contributed by atoms with Crippen LogP contribution in [0.3, 0.4) is 0 Å². The molecular weight excluding hydrogens is 280 g/mol. The van der Waals surface area contributed by atoms with Crippen LogP contribution in [0, 0.1) is 0 Å². The van der Waals surface area contributed by atoms with Gasteiger partial charge < -0.3 is 14.2 Å². The van der Waals surface area contributed by atoms with Crippen molar-refractivity contribution in [2.75, 3.05) is 13.9 Å². The number of benzene rings is 2. The Morgan fingerprint density at radius 3 is 2.64 bits per heavy atom. The number of hydrogen-bond acceptors (Lipinski definition) is 4. The standard InChI is InChI=1S/C18H18O4/c1-4-12-9-13(5-6-14(12)11(2)19)15-7-8-16(20-3)18-17(15)21-10-22-18/h5-9H,4,10H2,1-3H3. The first-order valence-corrected chi connectivity index (χ1v) is 7.26. The second-order valence-electron chi connectivity index (χ2n) is 5.16. The van der Waals surface area contributed by atoms with Crippen molar-refractivity contribution in [2.24, 2.45) is 0 Å². The van der Waals surface area contributed by atoms with Crippen LogP contribution in [0.25, 0.3) is 11.1 Å². The second-order valence-corrected chi connectivity index (χ2v) is 5.16. The molecule has 1 aliphatic rings. The van der Waals surface area contributed by atoms with Gasteiger partial charge in [0.25, 0.3) is 0 Å². The molecule has 3 rings (SSSR count). The summed E-state index contributed by atoms with van der Waals surface area (Å²) in [5.41, 5.74) is 3.76. The van der Waals surface area contributed by atoms with Crippen LogP contribution in [0.15, 0.2) is 30.3 Å². The summed E-state index contributed by atoms with van der Waals surface area (Å²) in [6.45, 7) is 3.83. The second kappa shape index (κ2) is 5.72. The molecule has 0 N–H and O–H groups in total. The number of rotatable bonds is 4. The van der Waals surface area contributed by atoms with Crippen LogP contribution in [0.2, 0.25) is 0 Å². The molecule has 1 heterocycles. The summed E-state index contributed by atoms with van der Waals surface area (Å²) in [6, 6.07) is 9.69. The van der Waals surface area contributed by atoms with E-state index >= 15 is 0 Å². The first-order chi connectivity index (χ1) is 10.7. The maximum absolute atomic E-state index is 11.7. The van der Waals surface area contributed by atoms with Gasteiger partial charge in [-0.3, -0.25) is 4.79 Å². The van der Waals surface area contributed by atoms with Gasteiger partial charge in [0.15, 0.2) is 17.3 Å². The Morgan fingerprint density at radius 1 is 1.18 bits per heavy atom. The lowest BCUT2D eigenvalue weighted by Crippen LogP contribution is -1.99. The minimum atomic E-state index is 0.0861. The van der Waals surface area contributed by atoms with Crippen molar-refractivity contribution in [3.63, 3.8) is 0 Å². The van der Waals surface area contributed by atoms with Crippen LogP contribution >= 0.6 is 0 Å². The topological polar surface area (TPSA) is 44.8 Å². The molecule has 4 heteroatoms. The first-order valence-electron chi connectivity index (χ1n) is 7.26. The fourth-order valence-corrected chi connectivity index (χ4v) is 2.76. The lowest BCUT2D eigenvalue weighted by atomic mass is 9.95. The lowest BCUT2D eigenvalue weighted by Gasteiger charge is -2.12. The Bertz CT molecular complexity index is 734. The van der Waals surface area contributed by atoms with E-state index in [0.29, 0.717) is 17.2 Å². The van der Waals surface area contributed by atoms with Crippen LogP contribution in [0.4, 0.5) is 0 Å². The van der Waals surface area contributed by atoms with Gasteiger partial charge in [-0.05, 0) is 36.6 Å². The van der Waals surface area contributed by atoms with Crippen LogP contribution in [-0.2, 0) is 6.42 Å². The number of methoxy groups -OCH3 is 1. The SMILES string of the molecule is CCc1cc(-c2ccc(OC)c3c2OCO3)ccc1C(C)=O. The normalized spacial score (nSPS) is 12.3. The van der Waals surface area contributed by atoms with E-state index in [2.05, 4.69) is 0 Å². The van der Waals surface area contributed by atoms with Crippen LogP contribution in [-0.4, -0.2) is 19.7 Å². The van der Waals surface area contributed by atoms with Crippen molar-refractivity contribution in [3.05, 3.63) is 41.5 Å². The predicted octanol–water partition coefficient (Wildman–Crippen LogP) is 3.86. The number of Topliss-reactive ketones (excluding diaryl/α,β-unsaturated/α-hetero) is 1. The molecule has 2 aromatic rings. The number of ether oxygens (including phenoxy) is 3. The Labute approximate surface area is 129 Å². The monoisotopic (exact) mass is 298 g/mol. The molecule has 0 aliphatic carbocycles. The van der Waals surface area contributed by atoms with Crippen molar-refractivity contribution in [1.29, 1.82) is 0 Å². The smallest absolute Gasteiger partial charge is 0.231 e. The maximum Gasteiger partial charge on any atom is 0.231 e. The van der Waals surface area contributed by atoms with Gasteiger partial charge in [-0.15, -0.1) is 0 Å². The summed E-state index contributed by atoms with van der Waals surface area (Å²) in [7, 11) is 1.60. The van der Waals surface area contributed by atoms with Crippen LogP contribution in [0.5, 0.6) is 17.2 Å². The van der Waals surface area contributed by atoms with Crippen molar-refractivity contribution in [1.82, 2.24) is 0 Å². The molecule has 0 unspecified atom stereocenters. The van der Waals surface area contributed by atoms with Gasteiger partial charge in [0.05, 0.1) is 7.11 Å². The van der Waals surface area contributed by atoms with Gasteiger partial charge >= 0.3 is 0 Å².